The lowest BCUT2D eigenvalue weighted by molar-refractivity contribution is -0.125. The van der Waals surface area contributed by atoms with Crippen LogP contribution in [0.15, 0.2) is 66.7 Å². The summed E-state index contributed by atoms with van der Waals surface area (Å²) in [4.78, 5) is 40.5. The molecule has 4 rings (SSSR count). The molecule has 8 heteroatoms. The van der Waals surface area contributed by atoms with E-state index < -0.39 is 17.9 Å². The zero-order valence-electron chi connectivity index (χ0n) is 16.5. The number of nitrogens with zero attached hydrogens (tertiary/aromatic N) is 1. The van der Waals surface area contributed by atoms with Crippen LogP contribution in [0.4, 0.5) is 4.39 Å². The van der Waals surface area contributed by atoms with Crippen LogP contribution in [0.3, 0.4) is 0 Å². The van der Waals surface area contributed by atoms with E-state index in [0.29, 0.717) is 23.4 Å². The SMILES string of the molecule is O=C(NNC(=O)C1CCCN1C(=O)c1ccccc1)c1ccc(-c2ccc(F)cc2)s1. The fraction of sp³-hybridized carbons (Fsp3) is 0.174. The highest BCUT2D eigenvalue weighted by molar-refractivity contribution is 7.17. The van der Waals surface area contributed by atoms with Crippen LogP contribution >= 0.6 is 11.3 Å². The lowest BCUT2D eigenvalue weighted by Gasteiger charge is -2.24. The molecule has 0 radical (unpaired) electrons. The van der Waals surface area contributed by atoms with Gasteiger partial charge >= 0.3 is 0 Å². The molecule has 1 fully saturated rings. The lowest BCUT2D eigenvalue weighted by atomic mass is 10.1. The molecule has 0 bridgehead atoms. The van der Waals surface area contributed by atoms with Gasteiger partial charge in [-0.15, -0.1) is 11.3 Å². The quantitative estimate of drug-likeness (QED) is 0.612. The summed E-state index contributed by atoms with van der Waals surface area (Å²) in [6.07, 6.45) is 1.25. The van der Waals surface area contributed by atoms with Gasteiger partial charge in [-0.2, -0.15) is 0 Å². The normalized spacial score (nSPS) is 15.5. The van der Waals surface area contributed by atoms with Crippen molar-refractivity contribution in [1.29, 1.82) is 0 Å². The summed E-state index contributed by atoms with van der Waals surface area (Å²) in [5.74, 6) is -1.41. The van der Waals surface area contributed by atoms with Gasteiger partial charge in [0.25, 0.3) is 17.7 Å². The van der Waals surface area contributed by atoms with Crippen molar-refractivity contribution in [2.45, 2.75) is 18.9 Å². The Morgan fingerprint density at radius 2 is 1.68 bits per heavy atom. The van der Waals surface area contributed by atoms with Crippen molar-refractivity contribution in [3.05, 3.63) is 83.0 Å². The minimum absolute atomic E-state index is 0.202. The lowest BCUT2D eigenvalue weighted by Crippen LogP contribution is -2.51. The Balaban J connectivity index is 1.36. The first-order valence-corrected chi connectivity index (χ1v) is 10.7. The smallest absolute Gasteiger partial charge is 0.279 e. The topological polar surface area (TPSA) is 78.5 Å². The second-order valence-electron chi connectivity index (χ2n) is 7.14. The van der Waals surface area contributed by atoms with Gasteiger partial charge in [-0.05, 0) is 54.8 Å². The third kappa shape index (κ3) is 4.64. The van der Waals surface area contributed by atoms with Crippen LogP contribution in [0.25, 0.3) is 10.4 Å². The first-order chi connectivity index (χ1) is 15.0. The fourth-order valence-electron chi connectivity index (χ4n) is 3.52. The molecule has 1 aromatic heterocycles. The van der Waals surface area contributed by atoms with E-state index in [-0.39, 0.29) is 11.7 Å². The van der Waals surface area contributed by atoms with Crippen molar-refractivity contribution in [1.82, 2.24) is 15.8 Å². The predicted octanol–water partition coefficient (Wildman–Crippen LogP) is 3.62. The molecule has 158 valence electrons. The molecule has 2 heterocycles. The van der Waals surface area contributed by atoms with E-state index in [1.54, 1.807) is 48.5 Å². The number of hydrogen-bond donors (Lipinski definition) is 2. The maximum atomic E-state index is 13.1. The van der Waals surface area contributed by atoms with Crippen molar-refractivity contribution < 1.29 is 18.8 Å². The highest BCUT2D eigenvalue weighted by Gasteiger charge is 2.34. The number of benzene rings is 2. The van der Waals surface area contributed by atoms with E-state index in [0.717, 1.165) is 16.9 Å². The Labute approximate surface area is 182 Å². The van der Waals surface area contributed by atoms with Gasteiger partial charge in [0.05, 0.1) is 4.88 Å². The zero-order valence-corrected chi connectivity index (χ0v) is 17.3. The Morgan fingerprint density at radius 3 is 2.42 bits per heavy atom. The Bertz CT molecular complexity index is 1100. The molecule has 31 heavy (non-hydrogen) atoms. The zero-order chi connectivity index (χ0) is 21.8. The van der Waals surface area contributed by atoms with Crippen molar-refractivity contribution in [2.75, 3.05) is 6.54 Å². The molecule has 1 aliphatic rings. The fourth-order valence-corrected chi connectivity index (χ4v) is 4.43. The monoisotopic (exact) mass is 437 g/mol. The summed E-state index contributed by atoms with van der Waals surface area (Å²) in [7, 11) is 0. The van der Waals surface area contributed by atoms with E-state index in [9.17, 15) is 18.8 Å². The summed E-state index contributed by atoms with van der Waals surface area (Å²) >= 11 is 1.24. The van der Waals surface area contributed by atoms with E-state index >= 15 is 0 Å². The molecular formula is C23H20FN3O3S. The van der Waals surface area contributed by atoms with Crippen LogP contribution in [0.2, 0.25) is 0 Å². The second-order valence-corrected chi connectivity index (χ2v) is 8.22. The van der Waals surface area contributed by atoms with Crippen molar-refractivity contribution >= 4 is 29.1 Å². The summed E-state index contributed by atoms with van der Waals surface area (Å²) in [6, 6.07) is 17.6. The molecule has 2 N–H and O–H groups in total. The summed E-state index contributed by atoms with van der Waals surface area (Å²) in [6.45, 7) is 0.492. The number of hydrazine groups is 1. The standard InChI is InChI=1S/C23H20FN3O3S/c24-17-10-8-15(9-11-17)19-12-13-20(31-19)22(29)26-25-21(28)18-7-4-14-27(18)23(30)16-5-2-1-3-6-16/h1-3,5-6,8-13,18H,4,7,14H2,(H,25,28)(H,26,29). The van der Waals surface area contributed by atoms with Crippen LogP contribution in [0, 0.1) is 5.82 Å². The third-order valence-electron chi connectivity index (χ3n) is 5.09. The maximum Gasteiger partial charge on any atom is 0.279 e. The minimum Gasteiger partial charge on any atom is -0.327 e. The number of carbonyl (C=O) groups is 3. The average Bonchev–Trinajstić information content (AvgIpc) is 3.48. The third-order valence-corrected chi connectivity index (χ3v) is 6.23. The van der Waals surface area contributed by atoms with Crippen molar-refractivity contribution in [2.24, 2.45) is 0 Å². The number of rotatable bonds is 4. The van der Waals surface area contributed by atoms with Gasteiger partial charge in [-0.25, -0.2) is 4.39 Å². The van der Waals surface area contributed by atoms with Crippen molar-refractivity contribution in [3.63, 3.8) is 0 Å². The Kier molecular flexibility index (Phi) is 6.08. The molecule has 1 aliphatic heterocycles. The van der Waals surface area contributed by atoms with Gasteiger partial charge in [0.2, 0.25) is 0 Å². The molecular weight excluding hydrogens is 417 g/mol. The van der Waals surface area contributed by atoms with Crippen LogP contribution in [-0.4, -0.2) is 35.2 Å². The molecule has 1 atom stereocenters. The second kappa shape index (κ2) is 9.09. The first kappa shape index (κ1) is 20.7. The highest BCUT2D eigenvalue weighted by atomic mass is 32.1. The van der Waals surface area contributed by atoms with Gasteiger partial charge in [0, 0.05) is 17.0 Å². The average molecular weight is 437 g/mol. The molecule has 1 saturated heterocycles. The Morgan fingerprint density at radius 1 is 0.935 bits per heavy atom. The van der Waals surface area contributed by atoms with Gasteiger partial charge in [0.15, 0.2) is 0 Å². The maximum absolute atomic E-state index is 13.1. The van der Waals surface area contributed by atoms with E-state index in [4.69, 9.17) is 0 Å². The highest BCUT2D eigenvalue weighted by Crippen LogP contribution is 2.28. The minimum atomic E-state index is -0.633. The summed E-state index contributed by atoms with van der Waals surface area (Å²) in [5.41, 5.74) is 6.19. The van der Waals surface area contributed by atoms with Gasteiger partial charge in [-0.1, -0.05) is 30.3 Å². The Hall–Kier alpha value is -3.52. The van der Waals surface area contributed by atoms with Crippen LogP contribution in [0.5, 0.6) is 0 Å². The van der Waals surface area contributed by atoms with Crippen LogP contribution < -0.4 is 10.9 Å². The number of amides is 3. The van der Waals surface area contributed by atoms with Gasteiger partial charge < -0.3 is 4.90 Å². The number of thiophene rings is 1. The van der Waals surface area contributed by atoms with Gasteiger partial charge in [-0.3, -0.25) is 25.2 Å². The summed E-state index contributed by atoms with van der Waals surface area (Å²) < 4.78 is 13.1. The molecule has 0 aliphatic carbocycles. The van der Waals surface area contributed by atoms with Crippen LogP contribution in [0.1, 0.15) is 32.9 Å². The number of carbonyl (C=O) groups excluding carboxylic acids is 3. The molecule has 3 aromatic rings. The largest absolute Gasteiger partial charge is 0.327 e. The van der Waals surface area contributed by atoms with Crippen LogP contribution in [-0.2, 0) is 4.79 Å². The molecule has 2 aromatic carbocycles. The molecule has 1 unspecified atom stereocenters. The first-order valence-electron chi connectivity index (χ1n) is 9.85. The van der Waals surface area contributed by atoms with E-state index in [2.05, 4.69) is 10.9 Å². The number of likely N-dealkylation sites (tertiary alicyclic amines) is 1. The number of nitrogens with one attached hydrogen (secondary N) is 2. The van der Waals surface area contributed by atoms with E-state index in [1.807, 2.05) is 6.07 Å². The molecule has 0 spiro atoms. The number of hydrogen-bond acceptors (Lipinski definition) is 4. The van der Waals surface area contributed by atoms with Crippen molar-refractivity contribution in [3.8, 4) is 10.4 Å². The molecule has 3 amide bonds. The predicted molar refractivity (Wildman–Crippen MR) is 116 cm³/mol. The molecule has 6 nitrogen and oxygen atoms in total. The summed E-state index contributed by atoms with van der Waals surface area (Å²) in [5, 5.41) is 0. The molecule has 0 saturated carbocycles. The van der Waals surface area contributed by atoms with E-state index in [1.165, 1.54) is 28.4 Å². The van der Waals surface area contributed by atoms with Gasteiger partial charge in [0.1, 0.15) is 11.9 Å². The number of halogens is 1.